The molecule has 0 fully saturated rings. The quantitative estimate of drug-likeness (QED) is 0.332. The van der Waals surface area contributed by atoms with Gasteiger partial charge in [0.1, 0.15) is 0 Å². The molecule has 0 aliphatic carbocycles. The second-order valence-corrected chi connectivity index (χ2v) is 8.69. The molecule has 0 radical (unpaired) electrons. The smallest absolute Gasteiger partial charge is 0.320 e. The van der Waals surface area contributed by atoms with Gasteiger partial charge in [0.05, 0.1) is 16.9 Å². The predicted octanol–water partition coefficient (Wildman–Crippen LogP) is 3.58. The molecule has 2 aromatic heterocycles. The molecule has 0 aliphatic heterocycles. The van der Waals surface area contributed by atoms with Crippen LogP contribution in [0.1, 0.15) is 30.5 Å². The zero-order valence-corrected chi connectivity index (χ0v) is 19.0. The van der Waals surface area contributed by atoms with Crippen molar-refractivity contribution in [1.82, 2.24) is 18.7 Å². The maximum Gasteiger partial charge on any atom is 0.337 e. The largest absolute Gasteiger partial charge is 0.337 e. The van der Waals surface area contributed by atoms with Crippen molar-refractivity contribution in [3.05, 3.63) is 96.4 Å². The number of non-ortho nitro benzene ring substituents is 1. The van der Waals surface area contributed by atoms with E-state index >= 15 is 0 Å². The first-order chi connectivity index (χ1) is 15.7. The second kappa shape index (κ2) is 8.50. The highest BCUT2D eigenvalue weighted by molar-refractivity contribution is 5.73. The minimum atomic E-state index is -0.455. The maximum absolute atomic E-state index is 13.5. The molecule has 0 aliphatic rings. The average molecular weight is 447 g/mol. The first-order valence-electron chi connectivity index (χ1n) is 10.7. The summed E-state index contributed by atoms with van der Waals surface area (Å²) in [5.74, 6) is 0.0774. The zero-order valence-electron chi connectivity index (χ0n) is 19.0. The molecular formula is C24H25N5O4. The average Bonchev–Trinajstić information content (AvgIpc) is 3.16. The molecule has 0 unspecified atom stereocenters. The van der Waals surface area contributed by atoms with E-state index < -0.39 is 16.2 Å². The third kappa shape index (κ3) is 4.09. The van der Waals surface area contributed by atoms with Crippen LogP contribution < -0.4 is 11.2 Å². The highest BCUT2D eigenvalue weighted by Crippen LogP contribution is 2.20. The molecule has 9 heteroatoms. The zero-order chi connectivity index (χ0) is 23.9. The number of benzene rings is 2. The number of imidazole rings is 1. The van der Waals surface area contributed by atoms with Gasteiger partial charge in [0.25, 0.3) is 11.2 Å². The topological polar surface area (TPSA) is 105 Å². The molecule has 2 heterocycles. The molecule has 0 amide bonds. The number of nitro groups is 1. The van der Waals surface area contributed by atoms with Gasteiger partial charge in [0.15, 0.2) is 11.2 Å². The minimum absolute atomic E-state index is 0.0265. The molecule has 0 saturated heterocycles. The van der Waals surface area contributed by atoms with Crippen molar-refractivity contribution in [1.29, 1.82) is 0 Å². The molecule has 0 spiro atoms. The third-order valence-electron chi connectivity index (χ3n) is 5.52. The molecule has 2 aromatic carbocycles. The number of nitrogens with zero attached hydrogens (tertiary/aromatic N) is 5. The Kier molecular flexibility index (Phi) is 5.71. The number of aromatic nitrogens is 4. The van der Waals surface area contributed by atoms with E-state index in [0.29, 0.717) is 11.3 Å². The van der Waals surface area contributed by atoms with Crippen molar-refractivity contribution in [3.63, 3.8) is 0 Å². The van der Waals surface area contributed by atoms with Crippen molar-refractivity contribution in [2.75, 3.05) is 0 Å². The van der Waals surface area contributed by atoms with Gasteiger partial charge in [-0.3, -0.25) is 19.5 Å². The van der Waals surface area contributed by atoms with E-state index in [4.69, 9.17) is 0 Å². The maximum atomic E-state index is 13.5. The van der Waals surface area contributed by atoms with Gasteiger partial charge < -0.3 is 4.57 Å². The third-order valence-corrected chi connectivity index (χ3v) is 5.52. The standard InChI is InChI=1S/C24H25N5O4/c1-15(2)12-27-23(30)21-22(28(24(27)31)20-9-8-16(3)10-17(20)4)25-14-26(21)13-18-6-5-7-19(11-18)29(32)33/h5-11,14-15H,12-13H2,1-4H3. The summed E-state index contributed by atoms with van der Waals surface area (Å²) in [5.41, 5.74) is 2.93. The van der Waals surface area contributed by atoms with Crippen LogP contribution in [0.3, 0.4) is 0 Å². The first kappa shape index (κ1) is 22.2. The van der Waals surface area contributed by atoms with Gasteiger partial charge in [-0.2, -0.15) is 0 Å². The monoisotopic (exact) mass is 447 g/mol. The Hall–Kier alpha value is -4.01. The van der Waals surface area contributed by atoms with Gasteiger partial charge >= 0.3 is 5.69 Å². The summed E-state index contributed by atoms with van der Waals surface area (Å²) in [6.07, 6.45) is 1.50. The fourth-order valence-corrected chi connectivity index (χ4v) is 4.06. The summed E-state index contributed by atoms with van der Waals surface area (Å²) in [6.45, 7) is 8.25. The van der Waals surface area contributed by atoms with E-state index in [0.717, 1.165) is 11.1 Å². The van der Waals surface area contributed by atoms with Crippen molar-refractivity contribution in [2.24, 2.45) is 5.92 Å². The van der Waals surface area contributed by atoms with Gasteiger partial charge in [0, 0.05) is 25.2 Å². The van der Waals surface area contributed by atoms with Crippen LogP contribution in [-0.4, -0.2) is 23.6 Å². The molecule has 4 rings (SSSR count). The van der Waals surface area contributed by atoms with Gasteiger partial charge in [-0.1, -0.05) is 43.7 Å². The lowest BCUT2D eigenvalue weighted by Gasteiger charge is -2.15. The molecule has 0 saturated carbocycles. The Balaban J connectivity index is 1.99. The SMILES string of the molecule is Cc1ccc(-n2c(=O)n(CC(C)C)c(=O)c3c2ncn3Cc2cccc([N+](=O)[O-])c2)c(C)c1. The van der Waals surface area contributed by atoms with Gasteiger partial charge in [-0.05, 0) is 37.0 Å². The van der Waals surface area contributed by atoms with Crippen LogP contribution >= 0.6 is 0 Å². The molecule has 0 bridgehead atoms. The van der Waals surface area contributed by atoms with Crippen LogP contribution in [0.15, 0.2) is 58.4 Å². The van der Waals surface area contributed by atoms with Crippen molar-refractivity contribution >= 4 is 16.9 Å². The first-order valence-corrected chi connectivity index (χ1v) is 10.7. The van der Waals surface area contributed by atoms with Gasteiger partial charge in [0.2, 0.25) is 0 Å². The summed E-state index contributed by atoms with van der Waals surface area (Å²) < 4.78 is 4.38. The van der Waals surface area contributed by atoms with E-state index in [-0.39, 0.29) is 35.9 Å². The predicted molar refractivity (Wildman–Crippen MR) is 126 cm³/mol. The Morgan fingerprint density at radius 3 is 2.52 bits per heavy atom. The Bertz CT molecular complexity index is 1490. The highest BCUT2D eigenvalue weighted by atomic mass is 16.6. The molecule has 9 nitrogen and oxygen atoms in total. The van der Waals surface area contributed by atoms with E-state index in [1.54, 1.807) is 16.7 Å². The van der Waals surface area contributed by atoms with Crippen molar-refractivity contribution in [3.8, 4) is 5.69 Å². The summed E-state index contributed by atoms with van der Waals surface area (Å²) >= 11 is 0. The minimum Gasteiger partial charge on any atom is -0.320 e. The fraction of sp³-hybridized carbons (Fsp3) is 0.292. The number of fused-ring (bicyclic) bond motifs is 1. The molecular weight excluding hydrogens is 422 g/mol. The molecule has 4 aromatic rings. The van der Waals surface area contributed by atoms with Crippen molar-refractivity contribution < 1.29 is 4.92 Å². The summed E-state index contributed by atoms with van der Waals surface area (Å²) in [6, 6.07) is 12.0. The number of aryl methyl sites for hydroxylation is 2. The van der Waals surface area contributed by atoms with Crippen molar-refractivity contribution in [2.45, 2.75) is 40.8 Å². The number of rotatable bonds is 6. The molecule has 170 valence electrons. The summed E-state index contributed by atoms with van der Waals surface area (Å²) in [5, 5.41) is 11.2. The van der Waals surface area contributed by atoms with Crippen LogP contribution in [0, 0.1) is 29.9 Å². The van der Waals surface area contributed by atoms with Crippen LogP contribution in [0.4, 0.5) is 5.69 Å². The Morgan fingerprint density at radius 1 is 1.09 bits per heavy atom. The van der Waals surface area contributed by atoms with E-state index in [2.05, 4.69) is 4.98 Å². The lowest BCUT2D eigenvalue weighted by atomic mass is 10.1. The Morgan fingerprint density at radius 2 is 1.85 bits per heavy atom. The van der Waals surface area contributed by atoms with E-state index in [1.165, 1.54) is 27.6 Å². The molecule has 33 heavy (non-hydrogen) atoms. The molecule has 0 atom stereocenters. The second-order valence-electron chi connectivity index (χ2n) is 8.69. The molecule has 0 N–H and O–H groups in total. The number of nitro benzene ring substituents is 1. The van der Waals surface area contributed by atoms with Crippen LogP contribution in [0.5, 0.6) is 0 Å². The van der Waals surface area contributed by atoms with Crippen LogP contribution in [0.25, 0.3) is 16.9 Å². The van der Waals surface area contributed by atoms with Crippen LogP contribution in [0.2, 0.25) is 0 Å². The van der Waals surface area contributed by atoms with E-state index in [1.807, 2.05) is 45.9 Å². The summed E-state index contributed by atoms with van der Waals surface area (Å²) in [7, 11) is 0. The summed E-state index contributed by atoms with van der Waals surface area (Å²) in [4.78, 5) is 42.0. The lowest BCUT2D eigenvalue weighted by Crippen LogP contribution is -2.41. The number of hydrogen-bond donors (Lipinski definition) is 0. The fourth-order valence-electron chi connectivity index (χ4n) is 4.06. The number of hydrogen-bond acceptors (Lipinski definition) is 5. The highest BCUT2D eigenvalue weighted by Gasteiger charge is 2.21. The van der Waals surface area contributed by atoms with E-state index in [9.17, 15) is 19.7 Å². The van der Waals surface area contributed by atoms with Gasteiger partial charge in [-0.15, -0.1) is 0 Å². The normalized spacial score (nSPS) is 11.4. The lowest BCUT2D eigenvalue weighted by molar-refractivity contribution is -0.384. The van der Waals surface area contributed by atoms with Crippen LogP contribution in [-0.2, 0) is 13.1 Å². The van der Waals surface area contributed by atoms with Gasteiger partial charge in [-0.25, -0.2) is 14.3 Å². The Labute approximate surface area is 189 Å².